The lowest BCUT2D eigenvalue weighted by molar-refractivity contribution is -0.150. The van der Waals surface area contributed by atoms with Gasteiger partial charge >= 0.3 is 6.18 Å². The highest BCUT2D eigenvalue weighted by Crippen LogP contribution is 2.38. The van der Waals surface area contributed by atoms with E-state index >= 15 is 0 Å². The molecule has 2 N–H and O–H groups in total. The van der Waals surface area contributed by atoms with Gasteiger partial charge in [-0.2, -0.15) is 13.2 Å². The molecule has 2 atom stereocenters. The predicted molar refractivity (Wildman–Crippen MR) is 92.3 cm³/mol. The molecule has 0 aromatic heterocycles. The number of methoxy groups -OCH3 is 2. The van der Waals surface area contributed by atoms with Crippen molar-refractivity contribution in [2.45, 2.75) is 24.8 Å². The first-order valence-corrected chi connectivity index (χ1v) is 8.20. The molecule has 0 spiro atoms. The largest absolute Gasteiger partial charge is 0.493 e. The molecule has 0 bridgehead atoms. The molecular formula is C19H19F3N2O3. The van der Waals surface area contributed by atoms with Gasteiger partial charge in [0.1, 0.15) is 6.04 Å². The first kappa shape index (κ1) is 19.0. The van der Waals surface area contributed by atoms with Gasteiger partial charge in [-0.1, -0.05) is 18.2 Å². The predicted octanol–water partition coefficient (Wildman–Crippen LogP) is 3.13. The minimum atomic E-state index is -4.41. The lowest BCUT2D eigenvalue weighted by Gasteiger charge is -2.46. The Labute approximate surface area is 154 Å². The van der Waals surface area contributed by atoms with E-state index in [1.54, 1.807) is 18.2 Å². The van der Waals surface area contributed by atoms with E-state index in [0.29, 0.717) is 17.1 Å². The van der Waals surface area contributed by atoms with Crippen LogP contribution < -0.4 is 15.2 Å². The van der Waals surface area contributed by atoms with Gasteiger partial charge in [0, 0.05) is 6.54 Å². The summed E-state index contributed by atoms with van der Waals surface area (Å²) in [6, 6.07) is 8.74. The molecule has 8 heteroatoms. The van der Waals surface area contributed by atoms with Gasteiger partial charge in [-0.15, -0.1) is 0 Å². The fourth-order valence-electron chi connectivity index (χ4n) is 3.18. The number of carbonyl (C=O) groups is 1. The van der Waals surface area contributed by atoms with Crippen LogP contribution in [0.3, 0.4) is 0 Å². The molecule has 0 unspecified atom stereocenters. The number of nitrogens with two attached hydrogens (primary N) is 1. The van der Waals surface area contributed by atoms with E-state index in [2.05, 4.69) is 0 Å². The first-order valence-electron chi connectivity index (χ1n) is 8.20. The molecule has 0 radical (unpaired) electrons. The Morgan fingerprint density at radius 2 is 1.67 bits per heavy atom. The topological polar surface area (TPSA) is 64.8 Å². The molecule has 1 amide bonds. The van der Waals surface area contributed by atoms with Crippen LogP contribution in [0.25, 0.3) is 0 Å². The summed E-state index contributed by atoms with van der Waals surface area (Å²) >= 11 is 0. The Morgan fingerprint density at radius 1 is 1.04 bits per heavy atom. The number of β-lactam (4-membered cyclic amide) rings is 1. The summed E-state index contributed by atoms with van der Waals surface area (Å²) in [5.41, 5.74) is 6.53. The summed E-state index contributed by atoms with van der Waals surface area (Å²) in [7, 11) is 3.04. The summed E-state index contributed by atoms with van der Waals surface area (Å²) in [4.78, 5) is 13.8. The minimum Gasteiger partial charge on any atom is -0.493 e. The summed E-state index contributed by atoms with van der Waals surface area (Å²) in [6.45, 7) is 0.262. The molecule has 2 aromatic carbocycles. The van der Waals surface area contributed by atoms with Crippen molar-refractivity contribution in [3.63, 3.8) is 0 Å². The van der Waals surface area contributed by atoms with E-state index in [1.165, 1.54) is 31.3 Å². The van der Waals surface area contributed by atoms with Crippen LogP contribution in [-0.2, 0) is 17.5 Å². The molecule has 0 aliphatic carbocycles. The summed E-state index contributed by atoms with van der Waals surface area (Å²) in [5.74, 6) is 0.834. The number of carbonyl (C=O) groups excluding carboxylic acids is 1. The monoisotopic (exact) mass is 380 g/mol. The molecule has 27 heavy (non-hydrogen) atoms. The fraction of sp³-hybridized carbons (Fsp3) is 0.316. The van der Waals surface area contributed by atoms with E-state index in [-0.39, 0.29) is 12.5 Å². The van der Waals surface area contributed by atoms with Crippen molar-refractivity contribution >= 4 is 5.91 Å². The number of rotatable bonds is 5. The van der Waals surface area contributed by atoms with Gasteiger partial charge in [-0.25, -0.2) is 0 Å². The zero-order chi connectivity index (χ0) is 19.8. The molecule has 5 nitrogen and oxygen atoms in total. The van der Waals surface area contributed by atoms with Crippen molar-refractivity contribution < 1.29 is 27.4 Å². The van der Waals surface area contributed by atoms with Crippen LogP contribution in [0.1, 0.15) is 22.7 Å². The minimum absolute atomic E-state index is 0.255. The lowest BCUT2D eigenvalue weighted by atomic mass is 9.88. The van der Waals surface area contributed by atoms with Crippen LogP contribution in [0.4, 0.5) is 13.2 Å². The van der Waals surface area contributed by atoms with Gasteiger partial charge in [-0.05, 0) is 35.4 Å². The van der Waals surface area contributed by atoms with E-state index < -0.39 is 23.8 Å². The molecule has 1 aliphatic rings. The van der Waals surface area contributed by atoms with Crippen molar-refractivity contribution in [1.82, 2.24) is 4.90 Å². The summed E-state index contributed by atoms with van der Waals surface area (Å²) in [6.07, 6.45) is -4.41. The maximum Gasteiger partial charge on any atom is 0.416 e. The number of halogens is 3. The standard InChI is InChI=1S/C19H19F3N2O3/c1-26-14-8-3-11(9-15(14)27-2)10-24-17(16(23)18(24)25)12-4-6-13(7-5-12)19(20,21)22/h3-9,16-17H,10,23H2,1-2H3/t16-,17+/m1/s1. The Bertz CT molecular complexity index is 837. The number of amides is 1. The average Bonchev–Trinajstić information content (AvgIpc) is 2.66. The summed E-state index contributed by atoms with van der Waals surface area (Å²) < 4.78 is 48.7. The van der Waals surface area contributed by atoms with Crippen molar-refractivity contribution in [2.24, 2.45) is 5.73 Å². The van der Waals surface area contributed by atoms with E-state index in [0.717, 1.165) is 17.7 Å². The molecule has 1 fully saturated rings. The van der Waals surface area contributed by atoms with Crippen LogP contribution in [0.5, 0.6) is 11.5 Å². The van der Waals surface area contributed by atoms with Crippen LogP contribution in [0.2, 0.25) is 0 Å². The molecule has 144 valence electrons. The second-order valence-electron chi connectivity index (χ2n) is 6.25. The SMILES string of the molecule is COc1ccc(CN2C(=O)[C@H](N)[C@@H]2c2ccc(C(F)(F)F)cc2)cc1OC. The number of ether oxygens (including phenoxy) is 2. The third-order valence-electron chi connectivity index (χ3n) is 4.62. The summed E-state index contributed by atoms with van der Waals surface area (Å²) in [5, 5.41) is 0. The third kappa shape index (κ3) is 3.57. The highest BCUT2D eigenvalue weighted by atomic mass is 19.4. The van der Waals surface area contributed by atoms with E-state index in [1.807, 2.05) is 0 Å². The molecule has 3 rings (SSSR count). The van der Waals surface area contributed by atoms with E-state index in [4.69, 9.17) is 15.2 Å². The average molecular weight is 380 g/mol. The van der Waals surface area contributed by atoms with Crippen molar-refractivity contribution in [3.05, 3.63) is 59.2 Å². The highest BCUT2D eigenvalue weighted by molar-refractivity contribution is 5.89. The van der Waals surface area contributed by atoms with Gasteiger partial charge in [-0.3, -0.25) is 4.79 Å². The van der Waals surface area contributed by atoms with Crippen LogP contribution in [0, 0.1) is 0 Å². The van der Waals surface area contributed by atoms with Crippen molar-refractivity contribution in [3.8, 4) is 11.5 Å². The maximum absolute atomic E-state index is 12.7. The Morgan fingerprint density at radius 3 is 2.22 bits per heavy atom. The number of nitrogens with zero attached hydrogens (tertiary/aromatic N) is 1. The van der Waals surface area contributed by atoms with E-state index in [9.17, 15) is 18.0 Å². The second-order valence-corrected chi connectivity index (χ2v) is 6.25. The molecule has 1 aliphatic heterocycles. The second kappa shape index (κ2) is 7.11. The zero-order valence-corrected chi connectivity index (χ0v) is 14.8. The zero-order valence-electron chi connectivity index (χ0n) is 14.8. The van der Waals surface area contributed by atoms with Crippen molar-refractivity contribution in [1.29, 1.82) is 0 Å². The molecule has 2 aromatic rings. The Hall–Kier alpha value is -2.74. The Kier molecular flexibility index (Phi) is 5.01. The van der Waals surface area contributed by atoms with Gasteiger partial charge in [0.15, 0.2) is 11.5 Å². The number of hydrogen-bond donors (Lipinski definition) is 1. The highest BCUT2D eigenvalue weighted by Gasteiger charge is 2.45. The van der Waals surface area contributed by atoms with Gasteiger partial charge in [0.05, 0.1) is 25.8 Å². The normalized spacial score (nSPS) is 19.6. The van der Waals surface area contributed by atoms with Crippen LogP contribution in [-0.4, -0.2) is 31.1 Å². The number of likely N-dealkylation sites (tertiary alicyclic amines) is 1. The molecule has 1 heterocycles. The van der Waals surface area contributed by atoms with Crippen LogP contribution in [0.15, 0.2) is 42.5 Å². The fourth-order valence-corrected chi connectivity index (χ4v) is 3.18. The van der Waals surface area contributed by atoms with Gasteiger partial charge in [0.2, 0.25) is 5.91 Å². The number of alkyl halides is 3. The van der Waals surface area contributed by atoms with Crippen LogP contribution >= 0.6 is 0 Å². The lowest BCUT2D eigenvalue weighted by Crippen LogP contribution is -2.62. The number of hydrogen-bond acceptors (Lipinski definition) is 4. The molecule has 1 saturated heterocycles. The molecular weight excluding hydrogens is 361 g/mol. The Balaban J connectivity index is 1.82. The van der Waals surface area contributed by atoms with Crippen molar-refractivity contribution in [2.75, 3.05) is 14.2 Å². The van der Waals surface area contributed by atoms with Gasteiger partial charge < -0.3 is 20.1 Å². The molecule has 0 saturated carbocycles. The number of benzene rings is 2. The first-order chi connectivity index (χ1) is 12.8. The third-order valence-corrected chi connectivity index (χ3v) is 4.62. The maximum atomic E-state index is 12.7. The quantitative estimate of drug-likeness (QED) is 0.810. The van der Waals surface area contributed by atoms with Gasteiger partial charge in [0.25, 0.3) is 0 Å². The smallest absolute Gasteiger partial charge is 0.416 e.